The molecule has 0 spiro atoms. The van der Waals surface area contributed by atoms with Gasteiger partial charge in [-0.15, -0.1) is 11.3 Å². The molecular weight excluding hydrogens is 486 g/mol. The van der Waals surface area contributed by atoms with Crippen molar-refractivity contribution in [2.45, 2.75) is 40.3 Å². The minimum absolute atomic E-state index is 0.0246. The third-order valence-corrected chi connectivity index (χ3v) is 8.74. The molecule has 2 saturated heterocycles. The third-order valence-electron chi connectivity index (χ3n) is 7.55. The number of piperazine rings is 1. The summed E-state index contributed by atoms with van der Waals surface area (Å²) >= 11 is 1.27. The van der Waals surface area contributed by atoms with Crippen LogP contribution >= 0.6 is 11.3 Å². The van der Waals surface area contributed by atoms with E-state index < -0.39 is 0 Å². The molecule has 0 radical (unpaired) electrons. The lowest BCUT2D eigenvalue weighted by Gasteiger charge is -2.35. The summed E-state index contributed by atoms with van der Waals surface area (Å²) in [5.41, 5.74) is 1.68. The number of amides is 2. The molecule has 1 aromatic carbocycles. The molecule has 37 heavy (non-hydrogen) atoms. The van der Waals surface area contributed by atoms with Crippen molar-refractivity contribution in [1.29, 1.82) is 0 Å². The van der Waals surface area contributed by atoms with E-state index in [2.05, 4.69) is 35.9 Å². The molecule has 9 heteroatoms. The predicted octanol–water partition coefficient (Wildman–Crippen LogP) is 3.23. The molecule has 0 saturated carbocycles. The minimum Gasteiger partial charge on any atom is -0.341 e. The first-order valence-corrected chi connectivity index (χ1v) is 13.9. The largest absolute Gasteiger partial charge is 0.341 e. The molecule has 3 aromatic rings. The Balaban J connectivity index is 1.28. The molecule has 196 valence electrons. The van der Waals surface area contributed by atoms with E-state index >= 15 is 0 Å². The molecule has 2 atom stereocenters. The standard InChI is InChI=1S/C28H35N5O3S/c1-19-13-20(2)15-32(14-19)23(34)17-33-18-29-26-24(27(33)35)21(3)25(37-26)28(36)31-11-9-30(10-12-31)16-22-7-5-4-6-8-22/h4-8,18-20H,9-17H2,1-3H3/t19-,20+. The first kappa shape index (κ1) is 25.6. The van der Waals surface area contributed by atoms with Crippen molar-refractivity contribution >= 4 is 33.4 Å². The molecule has 0 bridgehead atoms. The Morgan fingerprint density at radius 2 is 1.68 bits per heavy atom. The summed E-state index contributed by atoms with van der Waals surface area (Å²) in [6.45, 7) is 11.4. The smallest absolute Gasteiger partial charge is 0.264 e. The molecule has 0 N–H and O–H groups in total. The molecule has 8 nitrogen and oxygen atoms in total. The molecule has 2 fully saturated rings. The summed E-state index contributed by atoms with van der Waals surface area (Å²) in [7, 11) is 0. The fourth-order valence-electron chi connectivity index (χ4n) is 5.68. The van der Waals surface area contributed by atoms with Gasteiger partial charge in [-0.1, -0.05) is 44.2 Å². The zero-order chi connectivity index (χ0) is 26.1. The average molecular weight is 522 g/mol. The maximum absolute atomic E-state index is 13.4. The van der Waals surface area contributed by atoms with E-state index in [0.29, 0.717) is 45.6 Å². The number of thiophene rings is 1. The van der Waals surface area contributed by atoms with E-state index in [1.165, 1.54) is 27.8 Å². The average Bonchev–Trinajstić information content (AvgIpc) is 3.22. The van der Waals surface area contributed by atoms with Crippen LogP contribution in [0.15, 0.2) is 41.5 Å². The van der Waals surface area contributed by atoms with Gasteiger partial charge in [-0.05, 0) is 36.3 Å². The topological polar surface area (TPSA) is 78.8 Å². The van der Waals surface area contributed by atoms with Crippen molar-refractivity contribution in [3.63, 3.8) is 0 Å². The SMILES string of the molecule is Cc1c(C(=O)N2CCN(Cc3ccccc3)CC2)sc2ncn(CC(=O)N3C[C@H](C)C[C@H](C)C3)c(=O)c12. The lowest BCUT2D eigenvalue weighted by atomic mass is 9.92. The van der Waals surface area contributed by atoms with Crippen LogP contribution in [-0.4, -0.2) is 75.3 Å². The van der Waals surface area contributed by atoms with Gasteiger partial charge in [0.05, 0.1) is 16.6 Å². The van der Waals surface area contributed by atoms with Crippen LogP contribution in [0.5, 0.6) is 0 Å². The van der Waals surface area contributed by atoms with Crippen molar-refractivity contribution in [1.82, 2.24) is 24.3 Å². The van der Waals surface area contributed by atoms with E-state index in [-0.39, 0.29) is 23.9 Å². The van der Waals surface area contributed by atoms with E-state index in [9.17, 15) is 14.4 Å². The third kappa shape index (κ3) is 5.48. The second-order valence-corrected chi connectivity index (χ2v) is 11.7. The molecule has 2 amide bonds. The maximum Gasteiger partial charge on any atom is 0.264 e. The van der Waals surface area contributed by atoms with Crippen LogP contribution in [-0.2, 0) is 17.9 Å². The summed E-state index contributed by atoms with van der Waals surface area (Å²) < 4.78 is 1.39. The first-order valence-electron chi connectivity index (χ1n) is 13.1. The Kier molecular flexibility index (Phi) is 7.44. The molecule has 2 aliphatic heterocycles. The first-order chi connectivity index (χ1) is 17.8. The predicted molar refractivity (Wildman–Crippen MR) is 146 cm³/mol. The Bertz CT molecular complexity index is 1330. The highest BCUT2D eigenvalue weighted by Crippen LogP contribution is 2.28. The summed E-state index contributed by atoms with van der Waals surface area (Å²) in [5, 5.41) is 0.451. The fraction of sp³-hybridized carbons (Fsp3) is 0.500. The van der Waals surface area contributed by atoms with Crippen LogP contribution in [0.1, 0.15) is 41.1 Å². The Morgan fingerprint density at radius 1 is 1.00 bits per heavy atom. The van der Waals surface area contributed by atoms with Gasteiger partial charge in [0.1, 0.15) is 11.4 Å². The Labute approximate surface area is 221 Å². The molecule has 5 rings (SSSR count). The number of benzene rings is 1. The zero-order valence-electron chi connectivity index (χ0n) is 21.9. The van der Waals surface area contributed by atoms with Gasteiger partial charge in [0.25, 0.3) is 11.5 Å². The van der Waals surface area contributed by atoms with Crippen molar-refractivity contribution in [2.75, 3.05) is 39.3 Å². The number of likely N-dealkylation sites (tertiary alicyclic amines) is 1. The van der Waals surface area contributed by atoms with Gasteiger partial charge < -0.3 is 9.80 Å². The highest BCUT2D eigenvalue weighted by molar-refractivity contribution is 7.20. The van der Waals surface area contributed by atoms with Gasteiger partial charge >= 0.3 is 0 Å². The van der Waals surface area contributed by atoms with Gasteiger partial charge in [0.2, 0.25) is 5.91 Å². The lowest BCUT2D eigenvalue weighted by Crippen LogP contribution is -2.48. The Morgan fingerprint density at radius 3 is 2.35 bits per heavy atom. The number of aromatic nitrogens is 2. The summed E-state index contributed by atoms with van der Waals surface area (Å²) in [6, 6.07) is 10.4. The number of hydrogen-bond donors (Lipinski definition) is 0. The molecule has 4 heterocycles. The monoisotopic (exact) mass is 521 g/mol. The normalized spacial score (nSPS) is 20.9. The molecule has 0 aliphatic carbocycles. The second kappa shape index (κ2) is 10.8. The maximum atomic E-state index is 13.4. The van der Waals surface area contributed by atoms with Crippen molar-refractivity contribution in [3.05, 3.63) is 63.0 Å². The van der Waals surface area contributed by atoms with Crippen LogP contribution in [0.25, 0.3) is 10.2 Å². The summed E-state index contributed by atoms with van der Waals surface area (Å²) in [6.07, 6.45) is 2.57. The zero-order valence-corrected chi connectivity index (χ0v) is 22.7. The number of nitrogens with zero attached hydrogens (tertiary/aromatic N) is 5. The number of carbonyl (C=O) groups is 2. The van der Waals surface area contributed by atoms with E-state index in [4.69, 9.17) is 0 Å². The van der Waals surface area contributed by atoms with Crippen LogP contribution in [0.3, 0.4) is 0 Å². The summed E-state index contributed by atoms with van der Waals surface area (Å²) in [5.74, 6) is 0.813. The van der Waals surface area contributed by atoms with E-state index in [1.807, 2.05) is 34.9 Å². The Hall–Kier alpha value is -3.04. The molecular formula is C28H35N5O3S. The van der Waals surface area contributed by atoms with E-state index in [1.54, 1.807) is 0 Å². The quantitative estimate of drug-likeness (QED) is 0.515. The van der Waals surface area contributed by atoms with E-state index in [0.717, 1.165) is 39.1 Å². The highest BCUT2D eigenvalue weighted by Gasteiger charge is 2.28. The van der Waals surface area contributed by atoms with Gasteiger partial charge in [-0.2, -0.15) is 0 Å². The number of rotatable bonds is 5. The fourth-order valence-corrected chi connectivity index (χ4v) is 6.79. The highest BCUT2D eigenvalue weighted by atomic mass is 32.1. The molecule has 0 unspecified atom stereocenters. The van der Waals surface area contributed by atoms with Gasteiger partial charge in [0.15, 0.2) is 0 Å². The van der Waals surface area contributed by atoms with Crippen LogP contribution < -0.4 is 5.56 Å². The van der Waals surface area contributed by atoms with Gasteiger partial charge in [-0.3, -0.25) is 23.9 Å². The van der Waals surface area contributed by atoms with Crippen molar-refractivity contribution in [3.8, 4) is 0 Å². The second-order valence-electron chi connectivity index (χ2n) is 10.7. The molecule has 2 aromatic heterocycles. The van der Waals surface area contributed by atoms with Gasteiger partial charge in [0, 0.05) is 45.8 Å². The number of carbonyl (C=O) groups excluding carboxylic acids is 2. The summed E-state index contributed by atoms with van der Waals surface area (Å²) in [4.78, 5) is 51.4. The van der Waals surface area contributed by atoms with Crippen LogP contribution in [0.4, 0.5) is 0 Å². The molecule has 2 aliphatic rings. The van der Waals surface area contributed by atoms with Crippen LogP contribution in [0.2, 0.25) is 0 Å². The van der Waals surface area contributed by atoms with Crippen LogP contribution in [0, 0.1) is 18.8 Å². The number of fused-ring (bicyclic) bond motifs is 1. The number of hydrogen-bond acceptors (Lipinski definition) is 6. The number of piperidine rings is 1. The van der Waals surface area contributed by atoms with Gasteiger partial charge in [-0.25, -0.2) is 4.98 Å². The van der Waals surface area contributed by atoms with Crippen molar-refractivity contribution in [2.24, 2.45) is 11.8 Å². The lowest BCUT2D eigenvalue weighted by molar-refractivity contribution is -0.134. The number of aryl methyl sites for hydroxylation is 1. The minimum atomic E-state index is -0.253. The van der Waals surface area contributed by atoms with Crippen molar-refractivity contribution < 1.29 is 9.59 Å².